The molecule has 0 saturated heterocycles. The molecule has 0 fully saturated rings. The quantitative estimate of drug-likeness (QED) is 0.819. The molecular weight excluding hydrogens is 340 g/mol. The van der Waals surface area contributed by atoms with Crippen molar-refractivity contribution >= 4 is 21.7 Å². The minimum Gasteiger partial charge on any atom is -0.307 e. The van der Waals surface area contributed by atoms with Gasteiger partial charge in [-0.1, -0.05) is 19.9 Å². The molecule has 1 aromatic heterocycles. The van der Waals surface area contributed by atoms with E-state index in [1.807, 2.05) is 13.8 Å². The fourth-order valence-electron chi connectivity index (χ4n) is 2.52. The van der Waals surface area contributed by atoms with Gasteiger partial charge in [0, 0.05) is 30.8 Å². The number of sulfonamides is 1. The molecule has 0 aliphatic heterocycles. The molecular formula is C17H24N4O3S. The van der Waals surface area contributed by atoms with Crippen molar-refractivity contribution in [3.8, 4) is 0 Å². The molecule has 2 rings (SSSR count). The monoisotopic (exact) mass is 364 g/mol. The van der Waals surface area contributed by atoms with Crippen molar-refractivity contribution < 1.29 is 13.2 Å². The van der Waals surface area contributed by atoms with Crippen molar-refractivity contribution in [3.05, 3.63) is 42.1 Å². The second kappa shape index (κ2) is 7.79. The van der Waals surface area contributed by atoms with Crippen LogP contribution in [-0.4, -0.2) is 41.5 Å². The Morgan fingerprint density at radius 3 is 2.52 bits per heavy atom. The van der Waals surface area contributed by atoms with Crippen LogP contribution in [0.2, 0.25) is 0 Å². The summed E-state index contributed by atoms with van der Waals surface area (Å²) >= 11 is 0. The lowest BCUT2D eigenvalue weighted by Gasteiger charge is -2.18. The molecule has 8 heteroatoms. The zero-order chi connectivity index (χ0) is 18.6. The van der Waals surface area contributed by atoms with Gasteiger partial charge in [0.15, 0.2) is 0 Å². The highest BCUT2D eigenvalue weighted by molar-refractivity contribution is 7.89. The van der Waals surface area contributed by atoms with Crippen LogP contribution >= 0.6 is 0 Å². The normalized spacial score (nSPS) is 11.9. The summed E-state index contributed by atoms with van der Waals surface area (Å²) in [5.74, 6) is 0.191. The van der Waals surface area contributed by atoms with Gasteiger partial charge in [0.2, 0.25) is 10.0 Å². The average molecular weight is 364 g/mol. The number of amides is 1. The summed E-state index contributed by atoms with van der Waals surface area (Å²) in [7, 11) is -3.61. The van der Waals surface area contributed by atoms with Crippen molar-refractivity contribution in [2.24, 2.45) is 0 Å². The molecule has 0 spiro atoms. The summed E-state index contributed by atoms with van der Waals surface area (Å²) in [5, 5.41) is 6.94. The molecule has 0 aliphatic carbocycles. The number of benzene rings is 1. The number of nitrogens with zero attached hydrogens (tertiary/aromatic N) is 3. The zero-order valence-electron chi connectivity index (χ0n) is 14.9. The molecule has 0 unspecified atom stereocenters. The smallest absolute Gasteiger partial charge is 0.256 e. The maximum atomic E-state index is 12.6. The Balaban J connectivity index is 2.29. The fraction of sp³-hybridized carbons (Fsp3) is 0.412. The van der Waals surface area contributed by atoms with Gasteiger partial charge in [-0.15, -0.1) is 0 Å². The molecule has 7 nitrogen and oxygen atoms in total. The highest BCUT2D eigenvalue weighted by Gasteiger charge is 2.22. The lowest BCUT2D eigenvalue weighted by molar-refractivity contribution is 0.102. The van der Waals surface area contributed by atoms with Crippen molar-refractivity contribution in [3.63, 3.8) is 0 Å². The van der Waals surface area contributed by atoms with E-state index in [2.05, 4.69) is 10.4 Å². The van der Waals surface area contributed by atoms with Gasteiger partial charge in [-0.2, -0.15) is 9.40 Å². The van der Waals surface area contributed by atoms with E-state index in [9.17, 15) is 13.2 Å². The third-order valence-corrected chi connectivity index (χ3v) is 5.89. The van der Waals surface area contributed by atoms with Gasteiger partial charge < -0.3 is 5.32 Å². The van der Waals surface area contributed by atoms with Gasteiger partial charge in [-0.05, 0) is 32.0 Å². The predicted molar refractivity (Wildman–Crippen MR) is 97.1 cm³/mol. The molecule has 0 aliphatic rings. The maximum absolute atomic E-state index is 12.6. The predicted octanol–water partition coefficient (Wildman–Crippen LogP) is 2.75. The van der Waals surface area contributed by atoms with E-state index in [-0.39, 0.29) is 22.4 Å². The van der Waals surface area contributed by atoms with E-state index in [4.69, 9.17) is 0 Å². The molecule has 136 valence electrons. The summed E-state index contributed by atoms with van der Waals surface area (Å²) in [6.07, 6.45) is 1.61. The largest absolute Gasteiger partial charge is 0.307 e. The molecule has 0 radical (unpaired) electrons. The molecule has 1 aromatic carbocycles. The van der Waals surface area contributed by atoms with Crippen molar-refractivity contribution in [2.45, 2.75) is 38.6 Å². The van der Waals surface area contributed by atoms with Gasteiger partial charge >= 0.3 is 0 Å². The van der Waals surface area contributed by atoms with Crippen molar-refractivity contribution in [1.29, 1.82) is 0 Å². The number of rotatable bonds is 7. The number of carbonyl (C=O) groups is 1. The average Bonchev–Trinajstić information content (AvgIpc) is 3.04. The Hall–Kier alpha value is -2.19. The van der Waals surface area contributed by atoms with Crippen molar-refractivity contribution in [1.82, 2.24) is 14.1 Å². The van der Waals surface area contributed by atoms with E-state index in [0.29, 0.717) is 18.9 Å². The van der Waals surface area contributed by atoms with Crippen LogP contribution in [0.5, 0.6) is 0 Å². The lowest BCUT2D eigenvalue weighted by Crippen LogP contribution is -2.30. The van der Waals surface area contributed by atoms with Gasteiger partial charge in [0.1, 0.15) is 5.82 Å². The van der Waals surface area contributed by atoms with Crippen LogP contribution in [0.1, 0.15) is 44.1 Å². The topological polar surface area (TPSA) is 84.3 Å². The molecule has 1 amide bonds. The number of aromatic nitrogens is 2. The van der Waals surface area contributed by atoms with Crippen LogP contribution in [0.4, 0.5) is 5.82 Å². The molecule has 0 saturated carbocycles. The minimum absolute atomic E-state index is 0.0969. The number of anilines is 1. The second-order valence-corrected chi connectivity index (χ2v) is 7.76. The Labute approximate surface area is 148 Å². The molecule has 1 N–H and O–H groups in total. The van der Waals surface area contributed by atoms with E-state index >= 15 is 0 Å². The fourth-order valence-corrected chi connectivity index (χ4v) is 4.03. The number of hydrogen-bond donors (Lipinski definition) is 1. The molecule has 0 atom stereocenters. The van der Waals surface area contributed by atoms with Gasteiger partial charge in [0.05, 0.1) is 11.1 Å². The Morgan fingerprint density at radius 1 is 1.24 bits per heavy atom. The summed E-state index contributed by atoms with van der Waals surface area (Å²) in [4.78, 5) is 12.6. The summed E-state index contributed by atoms with van der Waals surface area (Å²) < 4.78 is 28.3. The second-order valence-electron chi connectivity index (χ2n) is 5.83. The van der Waals surface area contributed by atoms with Crippen LogP contribution in [0.15, 0.2) is 41.4 Å². The summed E-state index contributed by atoms with van der Waals surface area (Å²) in [6.45, 7) is 8.24. The molecule has 1 heterocycles. The third kappa shape index (κ3) is 4.08. The first-order valence-corrected chi connectivity index (χ1v) is 9.70. The number of nitrogens with one attached hydrogen (secondary N) is 1. The van der Waals surface area contributed by atoms with Crippen LogP contribution < -0.4 is 5.32 Å². The van der Waals surface area contributed by atoms with Crippen LogP contribution in [0.25, 0.3) is 0 Å². The number of carbonyl (C=O) groups excluding carboxylic acids is 1. The van der Waals surface area contributed by atoms with Crippen LogP contribution in [-0.2, 0) is 10.0 Å². The Bertz CT molecular complexity index is 839. The van der Waals surface area contributed by atoms with Crippen molar-refractivity contribution in [2.75, 3.05) is 18.4 Å². The van der Waals surface area contributed by atoms with E-state index < -0.39 is 10.0 Å². The first-order chi connectivity index (χ1) is 11.8. The highest BCUT2D eigenvalue weighted by atomic mass is 32.2. The summed E-state index contributed by atoms with van der Waals surface area (Å²) in [6, 6.07) is 7.87. The van der Waals surface area contributed by atoms with E-state index in [0.717, 1.165) is 0 Å². The standard InChI is InChI=1S/C17H24N4O3S/c1-5-20(6-2)25(23,24)15-9-7-8-14(12-15)17(22)19-16-10-11-18-21(16)13(3)4/h7-13H,5-6H2,1-4H3,(H,19,22). The number of hydrogen-bond acceptors (Lipinski definition) is 4. The summed E-state index contributed by atoms with van der Waals surface area (Å²) in [5.41, 5.74) is 0.282. The lowest BCUT2D eigenvalue weighted by atomic mass is 10.2. The molecule has 0 bridgehead atoms. The van der Waals surface area contributed by atoms with Gasteiger partial charge in [-0.3, -0.25) is 4.79 Å². The molecule has 25 heavy (non-hydrogen) atoms. The van der Waals surface area contributed by atoms with Crippen LogP contribution in [0, 0.1) is 0 Å². The first kappa shape index (κ1) is 19.1. The maximum Gasteiger partial charge on any atom is 0.256 e. The third-order valence-electron chi connectivity index (χ3n) is 3.84. The van der Waals surface area contributed by atoms with Gasteiger partial charge in [0.25, 0.3) is 5.91 Å². The Kier molecular flexibility index (Phi) is 5.97. The molecule has 2 aromatic rings. The first-order valence-electron chi connectivity index (χ1n) is 8.26. The highest BCUT2D eigenvalue weighted by Crippen LogP contribution is 2.19. The minimum atomic E-state index is -3.61. The van der Waals surface area contributed by atoms with Gasteiger partial charge in [-0.25, -0.2) is 13.1 Å². The zero-order valence-corrected chi connectivity index (χ0v) is 15.7. The Morgan fingerprint density at radius 2 is 1.92 bits per heavy atom. The van der Waals surface area contributed by atoms with Crippen LogP contribution in [0.3, 0.4) is 0 Å². The van der Waals surface area contributed by atoms with E-state index in [1.54, 1.807) is 42.9 Å². The van der Waals surface area contributed by atoms with E-state index in [1.165, 1.54) is 16.4 Å². The SMILES string of the molecule is CCN(CC)S(=O)(=O)c1cccc(C(=O)Nc2ccnn2C(C)C)c1.